The van der Waals surface area contributed by atoms with Gasteiger partial charge in [0.1, 0.15) is 13.2 Å². The van der Waals surface area contributed by atoms with Crippen LogP contribution in [0.25, 0.3) is 0 Å². The molecule has 6 nitrogen and oxygen atoms in total. The topological polar surface area (TPSA) is 78.9 Å². The highest BCUT2D eigenvalue weighted by Gasteiger charge is 2.19. The molecule has 0 N–H and O–H groups in total. The number of unbranched alkanes of at least 4 members (excludes halogenated alkanes) is 34. The molecule has 0 aromatic rings. The second kappa shape index (κ2) is 50.5. The van der Waals surface area contributed by atoms with E-state index in [1.165, 1.54) is 193 Å². The molecule has 0 aromatic carbocycles. The van der Waals surface area contributed by atoms with Crippen molar-refractivity contribution in [3.63, 3.8) is 0 Å². The van der Waals surface area contributed by atoms with Gasteiger partial charge in [-0.05, 0) is 64.2 Å². The van der Waals surface area contributed by atoms with E-state index in [1.54, 1.807) is 0 Å². The Morgan fingerprint density at radius 3 is 0.902 bits per heavy atom. The van der Waals surface area contributed by atoms with E-state index >= 15 is 0 Å². The van der Waals surface area contributed by atoms with Crippen molar-refractivity contribution in [1.82, 2.24) is 0 Å². The van der Waals surface area contributed by atoms with Crippen LogP contribution in [0.15, 0.2) is 24.3 Å². The minimum Gasteiger partial charge on any atom is -0.462 e. The molecule has 0 saturated carbocycles. The SMILES string of the molecule is CCCCCC/C=C\CCCC(=O)OCC(COC(=O)CCCCCCCCC/C=C\CCCCCCCC)OC(=O)CCCCCCCCCCCCCCCCCCC. The van der Waals surface area contributed by atoms with Gasteiger partial charge in [-0.15, -0.1) is 0 Å². The van der Waals surface area contributed by atoms with Gasteiger partial charge in [0, 0.05) is 19.3 Å². The minimum atomic E-state index is -0.778. The molecule has 358 valence electrons. The molecule has 0 fully saturated rings. The zero-order valence-electron chi connectivity index (χ0n) is 40.9. The molecule has 6 heteroatoms. The summed E-state index contributed by atoms with van der Waals surface area (Å²) in [5, 5.41) is 0. The fraction of sp³-hybridized carbons (Fsp3) is 0.873. The summed E-state index contributed by atoms with van der Waals surface area (Å²) in [5.74, 6) is -0.905. The molecule has 0 aliphatic heterocycles. The number of hydrogen-bond acceptors (Lipinski definition) is 6. The number of hydrogen-bond donors (Lipinski definition) is 0. The van der Waals surface area contributed by atoms with Gasteiger partial charge < -0.3 is 14.2 Å². The van der Waals surface area contributed by atoms with Crippen molar-refractivity contribution in [3.05, 3.63) is 24.3 Å². The zero-order chi connectivity index (χ0) is 44.4. The lowest BCUT2D eigenvalue weighted by Crippen LogP contribution is -2.30. The molecule has 61 heavy (non-hydrogen) atoms. The van der Waals surface area contributed by atoms with E-state index in [0.29, 0.717) is 19.3 Å². The smallest absolute Gasteiger partial charge is 0.306 e. The third kappa shape index (κ3) is 48.8. The van der Waals surface area contributed by atoms with E-state index in [0.717, 1.165) is 57.8 Å². The van der Waals surface area contributed by atoms with Gasteiger partial charge in [-0.1, -0.05) is 231 Å². The Hall–Kier alpha value is -2.11. The van der Waals surface area contributed by atoms with Crippen LogP contribution in [0.3, 0.4) is 0 Å². The highest BCUT2D eigenvalue weighted by Crippen LogP contribution is 2.16. The second-order valence-electron chi connectivity index (χ2n) is 18.1. The number of rotatable bonds is 49. The van der Waals surface area contributed by atoms with Crippen molar-refractivity contribution < 1.29 is 28.6 Å². The van der Waals surface area contributed by atoms with Crippen LogP contribution in [0, 0.1) is 0 Å². The van der Waals surface area contributed by atoms with Gasteiger partial charge in [-0.3, -0.25) is 14.4 Å². The Kier molecular flexibility index (Phi) is 48.8. The number of allylic oxidation sites excluding steroid dienone is 4. The van der Waals surface area contributed by atoms with E-state index in [4.69, 9.17) is 14.2 Å². The average Bonchev–Trinajstić information content (AvgIpc) is 3.26. The highest BCUT2D eigenvalue weighted by atomic mass is 16.6. The van der Waals surface area contributed by atoms with Crippen molar-refractivity contribution in [2.24, 2.45) is 0 Å². The summed E-state index contributed by atoms with van der Waals surface area (Å²) in [4.78, 5) is 37.9. The van der Waals surface area contributed by atoms with Crippen LogP contribution in [-0.4, -0.2) is 37.2 Å². The minimum absolute atomic E-state index is 0.0783. The average molecular weight is 859 g/mol. The molecule has 0 aliphatic carbocycles. The maximum absolute atomic E-state index is 12.8. The van der Waals surface area contributed by atoms with E-state index in [1.807, 2.05) is 0 Å². The Labute approximate surface area is 379 Å². The third-order valence-electron chi connectivity index (χ3n) is 11.9. The molecule has 0 spiro atoms. The highest BCUT2D eigenvalue weighted by molar-refractivity contribution is 5.71. The third-order valence-corrected chi connectivity index (χ3v) is 11.9. The maximum Gasteiger partial charge on any atom is 0.306 e. The van der Waals surface area contributed by atoms with E-state index in [2.05, 4.69) is 45.1 Å². The normalized spacial score (nSPS) is 12.1. The Morgan fingerprint density at radius 1 is 0.311 bits per heavy atom. The first kappa shape index (κ1) is 58.9. The zero-order valence-corrected chi connectivity index (χ0v) is 40.9. The predicted molar refractivity (Wildman–Crippen MR) is 261 cm³/mol. The molecule has 0 heterocycles. The molecule has 0 saturated heterocycles. The van der Waals surface area contributed by atoms with Gasteiger partial charge in [0.25, 0.3) is 0 Å². The first-order valence-electron chi connectivity index (χ1n) is 26.8. The van der Waals surface area contributed by atoms with E-state index in [-0.39, 0.29) is 31.1 Å². The molecule has 0 radical (unpaired) electrons. The summed E-state index contributed by atoms with van der Waals surface area (Å²) in [6, 6.07) is 0. The number of ether oxygens (including phenoxy) is 3. The number of carbonyl (C=O) groups excluding carboxylic acids is 3. The van der Waals surface area contributed by atoms with Crippen LogP contribution in [0.4, 0.5) is 0 Å². The predicted octanol–water partition coefficient (Wildman–Crippen LogP) is 17.5. The van der Waals surface area contributed by atoms with Crippen molar-refractivity contribution >= 4 is 17.9 Å². The van der Waals surface area contributed by atoms with Crippen LogP contribution in [0.2, 0.25) is 0 Å². The lowest BCUT2D eigenvalue weighted by atomic mass is 10.0. The van der Waals surface area contributed by atoms with Gasteiger partial charge in [0.15, 0.2) is 6.10 Å². The summed E-state index contributed by atoms with van der Waals surface area (Å²) in [7, 11) is 0. The van der Waals surface area contributed by atoms with Crippen LogP contribution in [0.1, 0.15) is 290 Å². The Morgan fingerprint density at radius 2 is 0.557 bits per heavy atom. The van der Waals surface area contributed by atoms with Gasteiger partial charge >= 0.3 is 17.9 Å². The van der Waals surface area contributed by atoms with Crippen LogP contribution in [0.5, 0.6) is 0 Å². The van der Waals surface area contributed by atoms with Crippen LogP contribution >= 0.6 is 0 Å². The van der Waals surface area contributed by atoms with Crippen LogP contribution < -0.4 is 0 Å². The molecule has 1 unspecified atom stereocenters. The molecular weight excluding hydrogens is 757 g/mol. The fourth-order valence-electron chi connectivity index (χ4n) is 7.85. The van der Waals surface area contributed by atoms with E-state index in [9.17, 15) is 14.4 Å². The molecule has 0 rings (SSSR count). The molecular formula is C55H102O6. The first-order chi connectivity index (χ1) is 30.0. The summed E-state index contributed by atoms with van der Waals surface area (Å²) in [6.07, 6.45) is 57.5. The lowest BCUT2D eigenvalue weighted by molar-refractivity contribution is -0.167. The quantitative estimate of drug-likeness (QED) is 0.0262. The maximum atomic E-state index is 12.8. The lowest BCUT2D eigenvalue weighted by Gasteiger charge is -2.18. The standard InChI is InChI=1S/C55H102O6/c1-4-7-10-13-16-19-21-23-25-27-29-31-33-36-39-42-45-48-54(57)60-51-52(50-59-53(56)47-44-41-38-35-18-15-12-9-6-3)61-55(58)49-46-43-40-37-34-32-30-28-26-24-22-20-17-14-11-8-5-2/h23,25,35,38,52H,4-22,24,26-34,36-37,39-51H2,1-3H3/b25-23-,38-35-. The van der Waals surface area contributed by atoms with Gasteiger partial charge in [-0.2, -0.15) is 0 Å². The molecule has 0 aliphatic rings. The Balaban J connectivity index is 4.28. The molecule has 0 aromatic heterocycles. The van der Waals surface area contributed by atoms with Crippen molar-refractivity contribution in [2.45, 2.75) is 297 Å². The number of esters is 3. The van der Waals surface area contributed by atoms with Gasteiger partial charge in [-0.25, -0.2) is 0 Å². The van der Waals surface area contributed by atoms with Crippen molar-refractivity contribution in [3.8, 4) is 0 Å². The largest absolute Gasteiger partial charge is 0.462 e. The monoisotopic (exact) mass is 859 g/mol. The summed E-state index contributed by atoms with van der Waals surface area (Å²) >= 11 is 0. The molecule has 0 amide bonds. The Bertz CT molecular complexity index is 989. The van der Waals surface area contributed by atoms with Crippen molar-refractivity contribution in [2.75, 3.05) is 13.2 Å². The van der Waals surface area contributed by atoms with Crippen molar-refractivity contribution in [1.29, 1.82) is 0 Å². The van der Waals surface area contributed by atoms with Crippen LogP contribution in [-0.2, 0) is 28.6 Å². The first-order valence-corrected chi connectivity index (χ1v) is 26.8. The summed E-state index contributed by atoms with van der Waals surface area (Å²) < 4.78 is 16.8. The van der Waals surface area contributed by atoms with Gasteiger partial charge in [0.2, 0.25) is 0 Å². The number of carbonyl (C=O) groups is 3. The van der Waals surface area contributed by atoms with E-state index < -0.39 is 6.10 Å². The molecule has 1 atom stereocenters. The molecule has 0 bridgehead atoms. The second-order valence-corrected chi connectivity index (χ2v) is 18.1. The fourth-order valence-corrected chi connectivity index (χ4v) is 7.85. The summed E-state index contributed by atoms with van der Waals surface area (Å²) in [6.45, 7) is 6.61. The summed E-state index contributed by atoms with van der Waals surface area (Å²) in [5.41, 5.74) is 0. The van der Waals surface area contributed by atoms with Gasteiger partial charge in [0.05, 0.1) is 0 Å².